The van der Waals surface area contributed by atoms with Crippen molar-refractivity contribution in [1.29, 1.82) is 0 Å². The summed E-state index contributed by atoms with van der Waals surface area (Å²) in [7, 11) is 0. The molecule has 6 aromatic carbocycles. The van der Waals surface area contributed by atoms with Gasteiger partial charge in [0.1, 0.15) is 23.9 Å². The topological polar surface area (TPSA) is 26.2 Å². The van der Waals surface area contributed by atoms with Crippen molar-refractivity contribution in [3.63, 3.8) is 0 Å². The van der Waals surface area contributed by atoms with Gasteiger partial charge in [0.15, 0.2) is 0 Å². The van der Waals surface area contributed by atoms with Gasteiger partial charge in [-0.2, -0.15) is 0 Å². The maximum atomic E-state index is 6.84. The maximum Gasteiger partial charge on any atom is 0.513 e. The van der Waals surface area contributed by atoms with Crippen molar-refractivity contribution in [2.45, 2.75) is 13.8 Å². The molecule has 2 aromatic heterocycles. The van der Waals surface area contributed by atoms with Crippen LogP contribution in [0.1, 0.15) is 11.1 Å². The molecular formula is C45H34B2Cl2I4N2O2. The van der Waals surface area contributed by atoms with Crippen molar-refractivity contribution in [3.8, 4) is 11.5 Å². The average Bonchev–Trinajstić information content (AvgIpc) is 3.75. The van der Waals surface area contributed by atoms with Gasteiger partial charge in [-0.25, -0.2) is 0 Å². The zero-order valence-corrected chi connectivity index (χ0v) is 41.0. The highest BCUT2D eigenvalue weighted by atomic mass is 127. The molecule has 2 aliphatic heterocycles. The molecule has 12 heteroatoms. The fraction of sp³-hybridized carbons (Fsp3) is 0.0667. The molecule has 0 N–H and O–H groups in total. The minimum Gasteiger partial charge on any atom is -0.647 e. The first kappa shape index (κ1) is 41.1. The molecular weight excluding hydrogens is 1200 g/mol. The van der Waals surface area contributed by atoms with Gasteiger partial charge in [0.2, 0.25) is 11.0 Å². The molecule has 0 amide bonds. The molecule has 4 nitrogen and oxygen atoms in total. The van der Waals surface area contributed by atoms with E-state index in [0.29, 0.717) is 0 Å². The highest BCUT2D eigenvalue weighted by Crippen LogP contribution is 2.33. The SMILES string of the molecule is Cc1cc[n+]2c3c(cccc13)O[B-]2(c1ccc(I)cc1)c1ccc(I)cc1.Cc1cc[n+]2c3c(cccc13)O[B-]2(c1ccc(I)cc1)c1ccc(I)cc1.ClCCl. The van der Waals surface area contributed by atoms with Crippen molar-refractivity contribution >= 4 is 170 Å². The van der Waals surface area contributed by atoms with Crippen molar-refractivity contribution in [2.24, 2.45) is 0 Å². The molecule has 0 saturated heterocycles. The monoisotopic (exact) mass is 1230 g/mol. The van der Waals surface area contributed by atoms with Crippen LogP contribution in [0.3, 0.4) is 0 Å². The number of pyridine rings is 2. The number of aromatic nitrogens is 2. The van der Waals surface area contributed by atoms with Crippen LogP contribution in [0, 0.1) is 28.1 Å². The Balaban J connectivity index is 0.000000150. The van der Waals surface area contributed by atoms with E-state index in [1.807, 2.05) is 0 Å². The van der Waals surface area contributed by atoms with Crippen molar-refractivity contribution in [3.05, 3.63) is 183 Å². The molecule has 0 spiro atoms. The van der Waals surface area contributed by atoms with Crippen molar-refractivity contribution in [2.75, 3.05) is 5.34 Å². The van der Waals surface area contributed by atoms with E-state index < -0.39 is 13.0 Å². The Morgan fingerprint density at radius 2 is 0.719 bits per heavy atom. The maximum absolute atomic E-state index is 6.84. The van der Waals surface area contributed by atoms with Crippen LogP contribution < -0.4 is 40.1 Å². The molecule has 57 heavy (non-hydrogen) atoms. The summed E-state index contributed by atoms with van der Waals surface area (Å²) in [6.45, 7) is 1.16. The first-order valence-electron chi connectivity index (χ1n) is 18.3. The van der Waals surface area contributed by atoms with Gasteiger partial charge in [0.25, 0.3) is 0 Å². The van der Waals surface area contributed by atoms with Crippen LogP contribution >= 0.6 is 114 Å². The third-order valence-corrected chi connectivity index (χ3v) is 13.9. The zero-order valence-electron chi connectivity index (χ0n) is 30.9. The number of halogens is 6. The minimum atomic E-state index is -1.58. The van der Waals surface area contributed by atoms with Gasteiger partial charge in [-0.15, -0.1) is 23.2 Å². The zero-order chi connectivity index (χ0) is 39.9. The molecule has 284 valence electrons. The third kappa shape index (κ3) is 7.46. The smallest absolute Gasteiger partial charge is 0.513 e. The number of benzene rings is 6. The number of aryl methyl sites for hydroxylation is 2. The van der Waals surface area contributed by atoms with E-state index in [4.69, 9.17) is 32.5 Å². The third-order valence-electron chi connectivity index (χ3n) is 11.0. The normalized spacial score (nSPS) is 13.9. The summed E-state index contributed by atoms with van der Waals surface area (Å²) in [4.78, 5) is 0. The molecule has 4 heterocycles. The standard InChI is InChI=1S/2C22H16BI2NO.CH2Cl2/c2*1-15-13-14-26-22-20(15)3-2-4-21(22)27-23(26,16-5-9-18(24)10-6-16)17-7-11-19(25)12-8-17;2-1-3/h2*2-14H,1H3;1H2. The highest BCUT2D eigenvalue weighted by Gasteiger charge is 2.51. The van der Waals surface area contributed by atoms with Crippen LogP contribution in [-0.4, -0.2) is 18.3 Å². The average molecular weight is 1230 g/mol. The molecule has 8 aromatic rings. The van der Waals surface area contributed by atoms with Gasteiger partial charge in [0.05, 0.1) is 5.34 Å². The van der Waals surface area contributed by atoms with E-state index in [9.17, 15) is 0 Å². The van der Waals surface area contributed by atoms with Crippen LogP contribution in [0.5, 0.6) is 11.5 Å². The van der Waals surface area contributed by atoms with E-state index in [1.54, 1.807) is 0 Å². The number of hydrogen-bond acceptors (Lipinski definition) is 2. The molecule has 0 unspecified atom stereocenters. The summed E-state index contributed by atoms with van der Waals surface area (Å²) in [5.41, 5.74) is 9.62. The highest BCUT2D eigenvalue weighted by molar-refractivity contribution is 14.1. The second-order valence-electron chi connectivity index (χ2n) is 14.1. The van der Waals surface area contributed by atoms with Gasteiger partial charge >= 0.3 is 13.0 Å². The lowest BCUT2D eigenvalue weighted by Gasteiger charge is -2.31. The molecule has 0 atom stereocenters. The molecule has 0 radical (unpaired) electrons. The van der Waals surface area contributed by atoms with Gasteiger partial charge in [0, 0.05) is 37.2 Å². The largest absolute Gasteiger partial charge is 0.647 e. The van der Waals surface area contributed by atoms with E-state index >= 15 is 0 Å². The van der Waals surface area contributed by atoms with E-state index in [0.717, 1.165) is 11.5 Å². The number of nitrogens with zero attached hydrogens (tertiary/aromatic N) is 2. The van der Waals surface area contributed by atoms with Gasteiger partial charge in [-0.1, -0.05) is 131 Å². The van der Waals surface area contributed by atoms with E-state index in [-0.39, 0.29) is 5.34 Å². The predicted octanol–water partition coefficient (Wildman–Crippen LogP) is 9.71. The summed E-state index contributed by atoms with van der Waals surface area (Å²) >= 11 is 18.9. The molecule has 0 aliphatic carbocycles. The Hall–Kier alpha value is -2.63. The molecule has 2 aliphatic rings. The first-order chi connectivity index (χ1) is 27.6. The Labute approximate surface area is 397 Å². The minimum absolute atomic E-state index is 0.194. The number of para-hydroxylation sites is 2. The van der Waals surface area contributed by atoms with Crippen LogP contribution in [0.4, 0.5) is 0 Å². The summed E-state index contributed by atoms with van der Waals surface area (Å²) in [6.07, 6.45) is 4.37. The van der Waals surface area contributed by atoms with Crippen molar-refractivity contribution in [1.82, 2.24) is 0 Å². The summed E-state index contributed by atoms with van der Waals surface area (Å²) < 4.78 is 23.3. The number of rotatable bonds is 4. The lowest BCUT2D eigenvalue weighted by molar-refractivity contribution is -0.515. The second-order valence-corrected chi connectivity index (χ2v) is 19.9. The quantitative estimate of drug-likeness (QED) is 0.0998. The van der Waals surface area contributed by atoms with Gasteiger partial charge < -0.3 is 18.3 Å². The second kappa shape index (κ2) is 17.2. The Morgan fingerprint density at radius 1 is 0.439 bits per heavy atom. The molecule has 0 fully saturated rings. The van der Waals surface area contributed by atoms with Crippen molar-refractivity contribution < 1.29 is 18.3 Å². The molecule has 0 bridgehead atoms. The van der Waals surface area contributed by atoms with Gasteiger partial charge in [-0.05, 0) is 140 Å². The summed E-state index contributed by atoms with van der Waals surface area (Å²) in [5.74, 6) is 1.90. The fourth-order valence-electron chi connectivity index (χ4n) is 8.40. The van der Waals surface area contributed by atoms with Crippen LogP contribution in [0.2, 0.25) is 0 Å². The van der Waals surface area contributed by atoms with E-state index in [1.165, 1.54) is 69.1 Å². The summed E-state index contributed by atoms with van der Waals surface area (Å²) in [5, 5.41) is 2.68. The van der Waals surface area contributed by atoms with Crippen LogP contribution in [0.25, 0.3) is 21.8 Å². The number of alkyl halides is 2. The predicted molar refractivity (Wildman–Crippen MR) is 273 cm³/mol. The lowest BCUT2D eigenvalue weighted by Crippen LogP contribution is -2.80. The first-order valence-corrected chi connectivity index (χ1v) is 23.7. The summed E-state index contributed by atoms with van der Waals surface area (Å²) in [6, 6.07) is 51.9. The Morgan fingerprint density at radius 3 is 1.00 bits per heavy atom. The van der Waals surface area contributed by atoms with Crippen LogP contribution in [0.15, 0.2) is 158 Å². The van der Waals surface area contributed by atoms with E-state index in [2.05, 4.69) is 271 Å². The Bertz CT molecular complexity index is 2480. The Kier molecular flexibility index (Phi) is 12.4. The molecule has 0 saturated carbocycles. The van der Waals surface area contributed by atoms with Gasteiger partial charge in [-0.3, -0.25) is 0 Å². The van der Waals surface area contributed by atoms with Crippen LogP contribution in [-0.2, 0) is 0 Å². The fourth-order valence-corrected chi connectivity index (χ4v) is 9.84. The lowest BCUT2D eigenvalue weighted by atomic mass is 9.41. The molecule has 10 rings (SSSR count). The number of hydrogen-bond donors (Lipinski definition) is 0.